The van der Waals surface area contributed by atoms with E-state index in [1.807, 2.05) is 23.1 Å². The normalized spacial score (nSPS) is 22.0. The van der Waals surface area contributed by atoms with Crippen LogP contribution in [0.15, 0.2) is 42.7 Å². The van der Waals surface area contributed by atoms with E-state index in [2.05, 4.69) is 29.5 Å². The van der Waals surface area contributed by atoms with Crippen molar-refractivity contribution in [1.82, 2.24) is 19.6 Å². The van der Waals surface area contributed by atoms with Crippen LogP contribution in [0, 0.1) is 0 Å². The molecule has 2 unspecified atom stereocenters. The summed E-state index contributed by atoms with van der Waals surface area (Å²) in [6.45, 7) is 5.34. The SMILES string of the molecule is CC1C(c2ccccc2)CCN1C(=O)Nc1cnn(CC(=O)N2CCOCC2)c1. The molecule has 8 nitrogen and oxygen atoms in total. The van der Waals surface area contributed by atoms with Crippen molar-refractivity contribution in [3.05, 3.63) is 48.3 Å². The Morgan fingerprint density at radius 1 is 1.17 bits per heavy atom. The van der Waals surface area contributed by atoms with Crippen LogP contribution >= 0.6 is 0 Å². The van der Waals surface area contributed by atoms with Gasteiger partial charge in [0.1, 0.15) is 6.54 Å². The lowest BCUT2D eigenvalue weighted by Gasteiger charge is -2.26. The largest absolute Gasteiger partial charge is 0.378 e. The molecule has 2 fully saturated rings. The van der Waals surface area contributed by atoms with Crippen LogP contribution in [0.4, 0.5) is 10.5 Å². The number of nitrogens with zero attached hydrogens (tertiary/aromatic N) is 4. The fourth-order valence-corrected chi connectivity index (χ4v) is 4.13. The standard InChI is InChI=1S/C21H27N5O3/c1-16-19(17-5-3-2-4-6-17)7-8-26(16)21(28)23-18-13-22-25(14-18)15-20(27)24-9-11-29-12-10-24/h2-6,13-14,16,19H,7-12,15H2,1H3,(H,23,28). The predicted molar refractivity (Wildman–Crippen MR) is 109 cm³/mol. The van der Waals surface area contributed by atoms with Crippen molar-refractivity contribution in [3.8, 4) is 0 Å². The zero-order chi connectivity index (χ0) is 20.2. The molecule has 2 aromatic rings. The molecular weight excluding hydrogens is 370 g/mol. The van der Waals surface area contributed by atoms with Crippen LogP contribution in [0.25, 0.3) is 0 Å². The Hall–Kier alpha value is -2.87. The molecule has 0 saturated carbocycles. The van der Waals surface area contributed by atoms with Gasteiger partial charge < -0.3 is 19.9 Å². The minimum absolute atomic E-state index is 0.00754. The summed E-state index contributed by atoms with van der Waals surface area (Å²) in [5.41, 5.74) is 1.87. The Morgan fingerprint density at radius 3 is 2.69 bits per heavy atom. The summed E-state index contributed by atoms with van der Waals surface area (Å²) >= 11 is 0. The van der Waals surface area contributed by atoms with Crippen LogP contribution in [0.1, 0.15) is 24.8 Å². The molecule has 2 aliphatic rings. The van der Waals surface area contributed by atoms with Gasteiger partial charge >= 0.3 is 6.03 Å². The lowest BCUT2D eigenvalue weighted by Crippen LogP contribution is -2.42. The van der Waals surface area contributed by atoms with E-state index in [1.165, 1.54) is 5.56 Å². The molecule has 1 aromatic carbocycles. The molecule has 8 heteroatoms. The monoisotopic (exact) mass is 397 g/mol. The van der Waals surface area contributed by atoms with Crippen LogP contribution in [0.3, 0.4) is 0 Å². The lowest BCUT2D eigenvalue weighted by atomic mass is 9.93. The molecule has 2 aliphatic heterocycles. The first kappa shape index (κ1) is 19.4. The molecule has 3 amide bonds. The van der Waals surface area contributed by atoms with Gasteiger partial charge in [0.15, 0.2) is 0 Å². The fourth-order valence-electron chi connectivity index (χ4n) is 4.13. The number of carbonyl (C=O) groups is 2. The summed E-state index contributed by atoms with van der Waals surface area (Å²) < 4.78 is 6.84. The second-order valence-electron chi connectivity index (χ2n) is 7.59. The van der Waals surface area contributed by atoms with Crippen LogP contribution in [0.5, 0.6) is 0 Å². The number of ether oxygens (including phenoxy) is 1. The van der Waals surface area contributed by atoms with E-state index >= 15 is 0 Å². The number of benzene rings is 1. The van der Waals surface area contributed by atoms with Gasteiger partial charge in [0.05, 0.1) is 25.1 Å². The maximum absolute atomic E-state index is 12.8. The van der Waals surface area contributed by atoms with Crippen molar-refractivity contribution in [3.63, 3.8) is 0 Å². The van der Waals surface area contributed by atoms with E-state index in [-0.39, 0.29) is 24.5 Å². The van der Waals surface area contributed by atoms with Gasteiger partial charge in [-0.15, -0.1) is 0 Å². The molecule has 0 radical (unpaired) electrons. The number of rotatable bonds is 4. The summed E-state index contributed by atoms with van der Waals surface area (Å²) in [7, 11) is 0. The van der Waals surface area contributed by atoms with Crippen LogP contribution < -0.4 is 5.32 Å². The van der Waals surface area contributed by atoms with Gasteiger partial charge in [0.2, 0.25) is 5.91 Å². The number of morpholine rings is 1. The Morgan fingerprint density at radius 2 is 1.93 bits per heavy atom. The summed E-state index contributed by atoms with van der Waals surface area (Å²) in [5, 5.41) is 7.14. The first-order chi connectivity index (χ1) is 14.1. The summed E-state index contributed by atoms with van der Waals surface area (Å²) in [4.78, 5) is 28.8. The quantitative estimate of drug-likeness (QED) is 0.857. The molecule has 0 spiro atoms. The average Bonchev–Trinajstić information content (AvgIpc) is 3.35. The third-order valence-corrected chi connectivity index (χ3v) is 5.79. The van der Waals surface area contributed by atoms with Crippen molar-refractivity contribution >= 4 is 17.6 Å². The highest BCUT2D eigenvalue weighted by Crippen LogP contribution is 2.33. The first-order valence-corrected chi connectivity index (χ1v) is 10.1. The number of likely N-dealkylation sites (tertiary alicyclic amines) is 1. The van der Waals surface area contributed by atoms with Crippen molar-refractivity contribution in [2.24, 2.45) is 0 Å². The van der Waals surface area contributed by atoms with Crippen LogP contribution in [-0.4, -0.2) is 70.4 Å². The highest BCUT2D eigenvalue weighted by atomic mass is 16.5. The maximum Gasteiger partial charge on any atom is 0.322 e. The van der Waals surface area contributed by atoms with Gasteiger partial charge in [-0.2, -0.15) is 5.10 Å². The first-order valence-electron chi connectivity index (χ1n) is 10.1. The molecule has 0 bridgehead atoms. The van der Waals surface area contributed by atoms with E-state index in [0.717, 1.165) is 13.0 Å². The number of anilines is 1. The van der Waals surface area contributed by atoms with E-state index < -0.39 is 0 Å². The molecule has 2 atom stereocenters. The Kier molecular flexibility index (Phi) is 5.80. The Bertz CT molecular complexity index is 847. The number of hydrogen-bond donors (Lipinski definition) is 1. The topological polar surface area (TPSA) is 79.7 Å². The number of nitrogens with one attached hydrogen (secondary N) is 1. The molecule has 154 valence electrons. The van der Waals surface area contributed by atoms with Crippen LogP contribution in [-0.2, 0) is 16.1 Å². The molecule has 1 N–H and O–H groups in total. The van der Waals surface area contributed by atoms with Gasteiger partial charge in [-0.05, 0) is 18.9 Å². The average molecular weight is 397 g/mol. The number of hydrogen-bond acceptors (Lipinski definition) is 4. The number of carbonyl (C=O) groups excluding carboxylic acids is 2. The molecule has 2 saturated heterocycles. The van der Waals surface area contributed by atoms with Gasteiger partial charge in [0.25, 0.3) is 0 Å². The van der Waals surface area contributed by atoms with Gasteiger partial charge in [-0.3, -0.25) is 9.48 Å². The third kappa shape index (κ3) is 4.42. The fraction of sp³-hybridized carbons (Fsp3) is 0.476. The summed E-state index contributed by atoms with van der Waals surface area (Å²) in [6, 6.07) is 10.3. The number of amides is 3. The maximum atomic E-state index is 12.8. The summed E-state index contributed by atoms with van der Waals surface area (Å²) in [6.07, 6.45) is 4.23. The molecule has 0 aliphatic carbocycles. The van der Waals surface area contributed by atoms with Gasteiger partial charge in [-0.25, -0.2) is 4.79 Å². The molecule has 4 rings (SSSR count). The predicted octanol–water partition coefficient (Wildman–Crippen LogP) is 2.15. The van der Waals surface area contributed by atoms with Crippen LogP contribution in [0.2, 0.25) is 0 Å². The number of urea groups is 1. The lowest BCUT2D eigenvalue weighted by molar-refractivity contribution is -0.136. The van der Waals surface area contributed by atoms with Gasteiger partial charge in [-0.1, -0.05) is 30.3 Å². The molecule has 3 heterocycles. The molecule has 29 heavy (non-hydrogen) atoms. The van der Waals surface area contributed by atoms with Crippen molar-refractivity contribution in [1.29, 1.82) is 0 Å². The molecule has 1 aromatic heterocycles. The Balaban J connectivity index is 1.33. The minimum Gasteiger partial charge on any atom is -0.378 e. The highest BCUT2D eigenvalue weighted by molar-refractivity contribution is 5.89. The van der Waals surface area contributed by atoms with Gasteiger partial charge in [0, 0.05) is 37.8 Å². The second-order valence-corrected chi connectivity index (χ2v) is 7.59. The number of aromatic nitrogens is 2. The third-order valence-electron chi connectivity index (χ3n) is 5.79. The van der Waals surface area contributed by atoms with Crippen molar-refractivity contribution in [2.75, 3.05) is 38.2 Å². The second kappa shape index (κ2) is 8.65. The zero-order valence-electron chi connectivity index (χ0n) is 16.7. The Labute approximate surface area is 170 Å². The van der Waals surface area contributed by atoms with Crippen molar-refractivity contribution < 1.29 is 14.3 Å². The molecular formula is C21H27N5O3. The highest BCUT2D eigenvalue weighted by Gasteiger charge is 2.34. The smallest absolute Gasteiger partial charge is 0.322 e. The van der Waals surface area contributed by atoms with E-state index in [9.17, 15) is 9.59 Å². The van der Waals surface area contributed by atoms with E-state index in [0.29, 0.717) is 37.9 Å². The van der Waals surface area contributed by atoms with Crippen molar-refractivity contribution in [2.45, 2.75) is 31.8 Å². The van der Waals surface area contributed by atoms with E-state index in [1.54, 1.807) is 22.0 Å². The zero-order valence-corrected chi connectivity index (χ0v) is 16.7. The van der Waals surface area contributed by atoms with E-state index in [4.69, 9.17) is 4.74 Å². The summed E-state index contributed by atoms with van der Waals surface area (Å²) in [5.74, 6) is 0.351. The minimum atomic E-state index is -0.130.